The number of aromatic amines is 1. The Hall–Kier alpha value is -1.08. The van der Waals surface area contributed by atoms with Gasteiger partial charge in [-0.1, -0.05) is 18.2 Å². The molecule has 2 nitrogen and oxygen atoms in total. The molecule has 0 radical (unpaired) electrons. The van der Waals surface area contributed by atoms with Gasteiger partial charge >= 0.3 is 0 Å². The normalized spacial score (nSPS) is 8.92. The summed E-state index contributed by atoms with van der Waals surface area (Å²) in [6, 6.07) is 13.5. The fourth-order valence-electron chi connectivity index (χ4n) is 0.993. The third-order valence-corrected chi connectivity index (χ3v) is 1.54. The molecule has 0 amide bonds. The van der Waals surface area contributed by atoms with Crippen molar-refractivity contribution >= 4 is 0 Å². The van der Waals surface area contributed by atoms with Crippen LogP contribution in [0, 0.1) is 0 Å². The number of ether oxygens (including phenoxy) is 1. The summed E-state index contributed by atoms with van der Waals surface area (Å²) in [7, 11) is 0. The van der Waals surface area contributed by atoms with E-state index in [1.54, 1.807) is 0 Å². The van der Waals surface area contributed by atoms with Crippen LogP contribution in [0.15, 0.2) is 48.7 Å². The first kappa shape index (κ1) is 10.0. The van der Waals surface area contributed by atoms with Crippen LogP contribution in [0.2, 0.25) is 0 Å². The largest absolute Gasteiger partial charge is 0.441 e. The quantitative estimate of drug-likeness (QED) is 0.780. The Kier molecular flexibility index (Phi) is 3.72. The standard InChI is InChI=1S/C10H9NO.Zn/c1-2-5-9(6-3-1)12-10-7-4-8-11-10;/h1-8,11H;. The maximum absolute atomic E-state index is 5.46. The molecule has 1 heterocycles. The predicted molar refractivity (Wildman–Crippen MR) is 47.3 cm³/mol. The van der Waals surface area contributed by atoms with E-state index < -0.39 is 0 Å². The van der Waals surface area contributed by atoms with E-state index in [-0.39, 0.29) is 19.5 Å². The number of H-pyrrole nitrogens is 1. The zero-order valence-electron chi connectivity index (χ0n) is 7.23. The smallest absolute Gasteiger partial charge is 0.197 e. The van der Waals surface area contributed by atoms with Crippen molar-refractivity contribution in [1.29, 1.82) is 0 Å². The topological polar surface area (TPSA) is 25.0 Å². The molecule has 0 atom stereocenters. The predicted octanol–water partition coefficient (Wildman–Crippen LogP) is 2.80. The minimum atomic E-state index is 0. The Morgan fingerprint density at radius 1 is 0.923 bits per heavy atom. The molecular weight excluding hydrogens is 216 g/mol. The molecule has 3 heteroatoms. The van der Waals surface area contributed by atoms with Gasteiger partial charge in [-0.3, -0.25) is 0 Å². The van der Waals surface area contributed by atoms with Crippen molar-refractivity contribution in [2.75, 3.05) is 0 Å². The maximum atomic E-state index is 5.46. The van der Waals surface area contributed by atoms with E-state index in [0.29, 0.717) is 0 Å². The van der Waals surface area contributed by atoms with Crippen LogP contribution >= 0.6 is 0 Å². The van der Waals surface area contributed by atoms with Crippen molar-refractivity contribution in [1.82, 2.24) is 4.98 Å². The molecule has 0 saturated carbocycles. The Morgan fingerprint density at radius 3 is 2.31 bits per heavy atom. The van der Waals surface area contributed by atoms with Gasteiger partial charge in [-0.15, -0.1) is 0 Å². The van der Waals surface area contributed by atoms with Gasteiger partial charge in [0.2, 0.25) is 0 Å². The summed E-state index contributed by atoms with van der Waals surface area (Å²) in [5.74, 6) is 1.61. The zero-order valence-corrected chi connectivity index (χ0v) is 10.2. The van der Waals surface area contributed by atoms with Crippen LogP contribution in [0.5, 0.6) is 11.6 Å². The minimum Gasteiger partial charge on any atom is -0.441 e. The first-order valence-corrected chi connectivity index (χ1v) is 3.81. The fourth-order valence-corrected chi connectivity index (χ4v) is 0.993. The molecule has 0 bridgehead atoms. The Morgan fingerprint density at radius 2 is 1.69 bits per heavy atom. The summed E-state index contributed by atoms with van der Waals surface area (Å²) in [5, 5.41) is 0. The van der Waals surface area contributed by atoms with E-state index in [1.807, 2.05) is 48.7 Å². The molecule has 2 aromatic rings. The van der Waals surface area contributed by atoms with E-state index >= 15 is 0 Å². The molecule has 1 aromatic heterocycles. The van der Waals surface area contributed by atoms with Crippen molar-refractivity contribution in [3.63, 3.8) is 0 Å². The number of hydrogen-bond donors (Lipinski definition) is 1. The molecule has 0 aliphatic rings. The second-order valence-corrected chi connectivity index (χ2v) is 2.45. The summed E-state index contributed by atoms with van der Waals surface area (Å²) < 4.78 is 5.46. The Balaban J connectivity index is 0.000000845. The summed E-state index contributed by atoms with van der Waals surface area (Å²) in [4.78, 5) is 2.96. The van der Waals surface area contributed by atoms with Gasteiger partial charge < -0.3 is 9.72 Å². The first-order chi connectivity index (χ1) is 5.95. The van der Waals surface area contributed by atoms with Gasteiger partial charge in [0.1, 0.15) is 5.75 Å². The number of benzene rings is 1. The second-order valence-electron chi connectivity index (χ2n) is 2.45. The van der Waals surface area contributed by atoms with E-state index in [2.05, 4.69) is 4.98 Å². The van der Waals surface area contributed by atoms with Crippen LogP contribution in [-0.4, -0.2) is 4.98 Å². The van der Waals surface area contributed by atoms with Crippen molar-refractivity contribution in [3.8, 4) is 11.6 Å². The SMILES string of the molecule is [Zn].c1ccc(Oc2ccc[nH]2)cc1. The molecule has 0 unspecified atom stereocenters. The average Bonchev–Trinajstić information content (AvgIpc) is 2.59. The molecule has 2 rings (SSSR count). The van der Waals surface area contributed by atoms with Crippen LogP contribution < -0.4 is 4.74 Å². The van der Waals surface area contributed by atoms with E-state index in [4.69, 9.17) is 4.74 Å². The number of rotatable bonds is 2. The van der Waals surface area contributed by atoms with Gasteiger partial charge in [-0.2, -0.15) is 0 Å². The Bertz CT molecular complexity index is 331. The number of aromatic nitrogens is 1. The van der Waals surface area contributed by atoms with Crippen molar-refractivity contribution in [3.05, 3.63) is 48.7 Å². The van der Waals surface area contributed by atoms with Crippen molar-refractivity contribution < 1.29 is 24.2 Å². The zero-order chi connectivity index (χ0) is 8.23. The van der Waals surface area contributed by atoms with E-state index in [9.17, 15) is 0 Å². The van der Waals surface area contributed by atoms with Gasteiger partial charge in [0.05, 0.1) is 0 Å². The van der Waals surface area contributed by atoms with Crippen LogP contribution in [0.25, 0.3) is 0 Å². The van der Waals surface area contributed by atoms with Crippen LogP contribution in [0.1, 0.15) is 0 Å². The van der Waals surface area contributed by atoms with Gasteiger partial charge in [0.15, 0.2) is 5.88 Å². The average molecular weight is 225 g/mol. The van der Waals surface area contributed by atoms with Gasteiger partial charge in [0.25, 0.3) is 0 Å². The van der Waals surface area contributed by atoms with Crippen LogP contribution in [0.3, 0.4) is 0 Å². The van der Waals surface area contributed by atoms with Crippen LogP contribution in [-0.2, 0) is 19.5 Å². The number of nitrogens with one attached hydrogen (secondary N) is 1. The minimum absolute atomic E-state index is 0. The number of para-hydroxylation sites is 1. The Labute approximate surface area is 89.7 Å². The molecule has 62 valence electrons. The summed E-state index contributed by atoms with van der Waals surface area (Å²) in [6.45, 7) is 0. The van der Waals surface area contributed by atoms with Crippen molar-refractivity contribution in [2.45, 2.75) is 0 Å². The molecule has 0 aliphatic carbocycles. The summed E-state index contributed by atoms with van der Waals surface area (Å²) in [6.07, 6.45) is 1.83. The monoisotopic (exact) mass is 223 g/mol. The van der Waals surface area contributed by atoms with E-state index in [0.717, 1.165) is 11.6 Å². The van der Waals surface area contributed by atoms with Crippen LogP contribution in [0.4, 0.5) is 0 Å². The molecule has 0 fully saturated rings. The fraction of sp³-hybridized carbons (Fsp3) is 0. The molecule has 0 spiro atoms. The third-order valence-electron chi connectivity index (χ3n) is 1.54. The first-order valence-electron chi connectivity index (χ1n) is 3.81. The van der Waals surface area contributed by atoms with Crippen molar-refractivity contribution in [2.24, 2.45) is 0 Å². The molecule has 13 heavy (non-hydrogen) atoms. The number of hydrogen-bond acceptors (Lipinski definition) is 1. The van der Waals surface area contributed by atoms with Gasteiger partial charge in [-0.05, 0) is 18.2 Å². The second kappa shape index (κ2) is 4.83. The molecule has 1 N–H and O–H groups in total. The molecule has 0 aliphatic heterocycles. The molecule has 0 saturated heterocycles. The van der Waals surface area contributed by atoms with Gasteiger partial charge in [0, 0.05) is 31.7 Å². The summed E-state index contributed by atoms with van der Waals surface area (Å²) >= 11 is 0. The maximum Gasteiger partial charge on any atom is 0.197 e. The third kappa shape index (κ3) is 2.71. The molecule has 1 aromatic carbocycles. The van der Waals surface area contributed by atoms with Gasteiger partial charge in [-0.25, -0.2) is 0 Å². The van der Waals surface area contributed by atoms with E-state index in [1.165, 1.54) is 0 Å². The molecular formula is C10H9NOZn. The summed E-state index contributed by atoms with van der Waals surface area (Å²) in [5.41, 5.74) is 0.